The normalized spacial score (nSPS) is 25.0. The van der Waals surface area contributed by atoms with Crippen LogP contribution in [0.2, 0.25) is 0 Å². The Hall–Kier alpha value is -0.954. The van der Waals surface area contributed by atoms with E-state index in [9.17, 15) is 29.4 Å². The molecule has 0 aromatic rings. The molecular weight excluding hydrogens is 409 g/mol. The largest absolute Gasteiger partial charge is 2.00 e. The number of carboxylic acid groups (broad SMARTS) is 2. The van der Waals surface area contributed by atoms with Crippen molar-refractivity contribution in [1.82, 2.24) is 0 Å². The van der Waals surface area contributed by atoms with Crippen LogP contribution in [-0.4, -0.2) is 46.6 Å². The first-order valence-electron chi connectivity index (χ1n) is 11.7. The van der Waals surface area contributed by atoms with Gasteiger partial charge >= 0.3 is 23.1 Å². The molecule has 2 saturated carbocycles. The van der Waals surface area contributed by atoms with Crippen molar-refractivity contribution >= 4 is 46.6 Å². The van der Waals surface area contributed by atoms with Crippen molar-refractivity contribution in [2.45, 2.75) is 104 Å². The molecule has 7 heteroatoms. The maximum Gasteiger partial charge on any atom is 2.00 e. The molecule has 172 valence electrons. The summed E-state index contributed by atoms with van der Waals surface area (Å²) >= 11 is 0. The number of hydrogen-bond donors (Lipinski definition) is 0. The van der Waals surface area contributed by atoms with Crippen molar-refractivity contribution in [3.63, 3.8) is 0 Å². The van der Waals surface area contributed by atoms with Crippen molar-refractivity contribution in [2.75, 3.05) is 0 Å². The molecule has 0 unspecified atom stereocenters. The van der Waals surface area contributed by atoms with Gasteiger partial charge in [-0.2, -0.15) is 0 Å². The van der Waals surface area contributed by atoms with Crippen LogP contribution in [0.5, 0.6) is 0 Å². The van der Waals surface area contributed by atoms with Crippen LogP contribution in [0.4, 0.5) is 0 Å². The molecule has 2 fully saturated rings. The number of carbonyl (C=O) groups excluding carboxylic acids is 4. The molecule has 2 aliphatic rings. The van der Waals surface area contributed by atoms with E-state index >= 15 is 0 Å². The summed E-state index contributed by atoms with van der Waals surface area (Å²) in [7, 11) is 0. The van der Waals surface area contributed by atoms with Gasteiger partial charge in [0.15, 0.2) is 0 Å². The molecule has 0 amide bonds. The fourth-order valence-electron chi connectivity index (χ4n) is 4.89. The predicted octanol–water partition coefficient (Wildman–Crippen LogP) is 2.22. The van der Waals surface area contributed by atoms with Gasteiger partial charge in [-0.3, -0.25) is 9.59 Å². The van der Waals surface area contributed by atoms with E-state index in [0.29, 0.717) is 12.8 Å². The van der Waals surface area contributed by atoms with Gasteiger partial charge in [0, 0.05) is 36.6 Å². The molecule has 4 atom stereocenters. The standard InChI is InChI=1S/2C12H20O3.Mg/c2*1-2-3-4-5-10-9(8-12(14)15)6-7-11(10)13;/h2*9-10H,2-8H2,1H3,(H,14,15);/q;;+2/p-2/t2*9-,10-;/m11./s1. The molecule has 0 spiro atoms. The summed E-state index contributed by atoms with van der Waals surface area (Å²) in [6, 6.07) is 0. The Kier molecular flexibility index (Phi) is 16.1. The zero-order chi connectivity index (χ0) is 22.5. The second kappa shape index (κ2) is 16.6. The molecule has 0 aromatic heterocycles. The average molecular weight is 447 g/mol. The first kappa shape index (κ1) is 30.0. The number of carbonyl (C=O) groups is 4. The van der Waals surface area contributed by atoms with Crippen LogP contribution in [0.1, 0.15) is 104 Å². The second-order valence-corrected chi connectivity index (χ2v) is 8.89. The molecule has 2 aliphatic carbocycles. The fraction of sp³-hybridized carbons (Fsp3) is 0.833. The maximum absolute atomic E-state index is 11.5. The summed E-state index contributed by atoms with van der Waals surface area (Å²) < 4.78 is 0. The number of hydrogen-bond acceptors (Lipinski definition) is 6. The summed E-state index contributed by atoms with van der Waals surface area (Å²) in [5.41, 5.74) is 0. The molecule has 0 saturated heterocycles. The molecule has 0 bridgehead atoms. The summed E-state index contributed by atoms with van der Waals surface area (Å²) in [6.07, 6.45) is 11.0. The van der Waals surface area contributed by atoms with E-state index in [2.05, 4.69) is 13.8 Å². The second-order valence-electron chi connectivity index (χ2n) is 8.89. The number of ketones is 2. The molecule has 0 aliphatic heterocycles. The summed E-state index contributed by atoms with van der Waals surface area (Å²) in [5, 5.41) is 21.0. The van der Waals surface area contributed by atoms with Gasteiger partial charge in [-0.25, -0.2) is 0 Å². The minimum Gasteiger partial charge on any atom is -0.550 e. The van der Waals surface area contributed by atoms with Gasteiger partial charge in [-0.1, -0.05) is 52.4 Å². The molecule has 0 aromatic carbocycles. The quantitative estimate of drug-likeness (QED) is 0.335. The molecule has 31 heavy (non-hydrogen) atoms. The van der Waals surface area contributed by atoms with Crippen molar-refractivity contribution < 1.29 is 29.4 Å². The SMILES string of the molecule is CCCCC[C@H]1C(=O)CC[C@@H]1CC(=O)[O-].CCCCC[C@H]1C(=O)CC[C@@H]1CC(=O)[O-].[Mg+2]. The third-order valence-electron chi connectivity index (χ3n) is 6.58. The van der Waals surface area contributed by atoms with Crippen molar-refractivity contribution in [3.8, 4) is 0 Å². The van der Waals surface area contributed by atoms with E-state index in [1.165, 1.54) is 0 Å². The molecular formula is C24H38MgO6. The molecule has 0 N–H and O–H groups in total. The van der Waals surface area contributed by atoms with Crippen LogP contribution in [0, 0.1) is 23.7 Å². The number of unbranched alkanes of at least 4 members (excludes halogenated alkanes) is 4. The smallest absolute Gasteiger partial charge is 0.550 e. The molecule has 0 heterocycles. The minimum absolute atomic E-state index is 0. The van der Waals surface area contributed by atoms with Gasteiger partial charge < -0.3 is 19.8 Å². The first-order chi connectivity index (χ1) is 14.3. The van der Waals surface area contributed by atoms with Crippen LogP contribution < -0.4 is 10.2 Å². The van der Waals surface area contributed by atoms with Crippen LogP contribution >= 0.6 is 0 Å². The monoisotopic (exact) mass is 446 g/mol. The van der Waals surface area contributed by atoms with E-state index in [1.807, 2.05) is 0 Å². The first-order valence-corrected chi connectivity index (χ1v) is 11.7. The Morgan fingerprint density at radius 2 is 1.10 bits per heavy atom. The summed E-state index contributed by atoms with van der Waals surface area (Å²) in [4.78, 5) is 44.1. The third kappa shape index (κ3) is 11.5. The van der Waals surface area contributed by atoms with Gasteiger partial charge in [-0.15, -0.1) is 0 Å². The van der Waals surface area contributed by atoms with Gasteiger partial charge in [0.1, 0.15) is 11.6 Å². The van der Waals surface area contributed by atoms with Crippen LogP contribution in [0.15, 0.2) is 0 Å². The Morgan fingerprint density at radius 3 is 1.39 bits per heavy atom. The van der Waals surface area contributed by atoms with Gasteiger partial charge in [0.05, 0.1) is 0 Å². The van der Waals surface area contributed by atoms with Crippen LogP contribution in [-0.2, 0) is 19.2 Å². The number of rotatable bonds is 12. The van der Waals surface area contributed by atoms with Crippen molar-refractivity contribution in [1.29, 1.82) is 0 Å². The van der Waals surface area contributed by atoms with E-state index in [-0.39, 0.29) is 71.1 Å². The fourth-order valence-corrected chi connectivity index (χ4v) is 4.89. The van der Waals surface area contributed by atoms with E-state index in [1.54, 1.807) is 0 Å². The molecule has 0 radical (unpaired) electrons. The maximum atomic E-state index is 11.5. The van der Waals surface area contributed by atoms with Gasteiger partial charge in [0.2, 0.25) is 0 Å². The van der Waals surface area contributed by atoms with Gasteiger partial charge in [-0.05, 0) is 50.4 Å². The number of Topliss-reactive ketones (excluding diaryl/α,β-unsaturated/α-hetero) is 2. The van der Waals surface area contributed by atoms with E-state index in [4.69, 9.17) is 0 Å². The zero-order valence-corrected chi connectivity index (χ0v) is 20.8. The van der Waals surface area contributed by atoms with Crippen LogP contribution in [0.3, 0.4) is 0 Å². The van der Waals surface area contributed by atoms with Gasteiger partial charge in [0.25, 0.3) is 0 Å². The number of aliphatic carboxylic acids is 2. The topological polar surface area (TPSA) is 114 Å². The Balaban J connectivity index is 0.000000562. The van der Waals surface area contributed by atoms with Crippen molar-refractivity contribution in [2.24, 2.45) is 23.7 Å². The number of carboxylic acids is 2. The minimum atomic E-state index is -1.02. The summed E-state index contributed by atoms with van der Waals surface area (Å²) in [5.74, 6) is -1.44. The van der Waals surface area contributed by atoms with E-state index in [0.717, 1.165) is 64.2 Å². The average Bonchev–Trinajstić information content (AvgIpc) is 3.19. The Morgan fingerprint density at radius 1 is 0.742 bits per heavy atom. The summed E-state index contributed by atoms with van der Waals surface area (Å²) in [6.45, 7) is 4.24. The van der Waals surface area contributed by atoms with Crippen LogP contribution in [0.25, 0.3) is 0 Å². The van der Waals surface area contributed by atoms with E-state index < -0.39 is 11.9 Å². The molecule has 6 nitrogen and oxygen atoms in total. The zero-order valence-electron chi connectivity index (χ0n) is 19.4. The molecule has 2 rings (SSSR count). The Bertz CT molecular complexity index is 526. The third-order valence-corrected chi connectivity index (χ3v) is 6.58. The Labute approximate surface area is 203 Å². The predicted molar refractivity (Wildman–Crippen MR) is 116 cm³/mol. The van der Waals surface area contributed by atoms with Crippen molar-refractivity contribution in [3.05, 3.63) is 0 Å².